The van der Waals surface area contributed by atoms with Crippen LogP contribution in [0.2, 0.25) is 0 Å². The summed E-state index contributed by atoms with van der Waals surface area (Å²) < 4.78 is 18.4. The SMILES string of the molecule is O=C(COc1ncnc2sccc12)Nc1cccc(F)c1. The fourth-order valence-electron chi connectivity index (χ4n) is 1.78. The number of benzene rings is 1. The number of rotatable bonds is 4. The molecule has 0 aliphatic rings. The molecule has 106 valence electrons. The first-order chi connectivity index (χ1) is 10.2. The number of nitrogens with zero attached hydrogens (tertiary/aromatic N) is 2. The predicted molar refractivity (Wildman–Crippen MR) is 77.9 cm³/mol. The smallest absolute Gasteiger partial charge is 0.262 e. The molecule has 0 bridgehead atoms. The number of carbonyl (C=O) groups excluding carboxylic acids is 1. The van der Waals surface area contributed by atoms with Gasteiger partial charge < -0.3 is 10.1 Å². The van der Waals surface area contributed by atoms with E-state index < -0.39 is 5.82 Å². The van der Waals surface area contributed by atoms with Gasteiger partial charge in [-0.1, -0.05) is 6.07 Å². The molecule has 7 heteroatoms. The average Bonchev–Trinajstić information content (AvgIpc) is 2.94. The Hall–Kier alpha value is -2.54. The van der Waals surface area contributed by atoms with Gasteiger partial charge in [0.15, 0.2) is 6.61 Å². The first kappa shape index (κ1) is 13.4. The molecular weight excluding hydrogens is 293 g/mol. The number of nitrogens with one attached hydrogen (secondary N) is 1. The Bertz CT molecular complexity index is 790. The van der Waals surface area contributed by atoms with Crippen molar-refractivity contribution >= 4 is 33.1 Å². The second-order valence-corrected chi connectivity index (χ2v) is 5.06. The lowest BCUT2D eigenvalue weighted by Gasteiger charge is -2.07. The van der Waals surface area contributed by atoms with Crippen LogP contribution < -0.4 is 10.1 Å². The second-order valence-electron chi connectivity index (χ2n) is 4.17. The molecule has 0 saturated carbocycles. The van der Waals surface area contributed by atoms with Crippen LogP contribution in [0.3, 0.4) is 0 Å². The van der Waals surface area contributed by atoms with Gasteiger partial charge in [-0.2, -0.15) is 0 Å². The fourth-order valence-corrected chi connectivity index (χ4v) is 2.50. The van der Waals surface area contributed by atoms with Gasteiger partial charge in [0.2, 0.25) is 5.88 Å². The molecule has 3 aromatic rings. The van der Waals surface area contributed by atoms with Crippen LogP contribution in [0.4, 0.5) is 10.1 Å². The molecule has 2 heterocycles. The van der Waals surface area contributed by atoms with Gasteiger partial charge in [-0.05, 0) is 29.6 Å². The van der Waals surface area contributed by atoms with E-state index in [-0.39, 0.29) is 12.5 Å². The zero-order valence-corrected chi connectivity index (χ0v) is 11.6. The van der Waals surface area contributed by atoms with Crippen molar-refractivity contribution in [3.63, 3.8) is 0 Å². The Kier molecular flexibility index (Phi) is 3.74. The minimum atomic E-state index is -0.412. The topological polar surface area (TPSA) is 64.1 Å². The normalized spacial score (nSPS) is 10.5. The van der Waals surface area contributed by atoms with Gasteiger partial charge in [0, 0.05) is 5.69 Å². The summed E-state index contributed by atoms with van der Waals surface area (Å²) in [6, 6.07) is 7.49. The van der Waals surface area contributed by atoms with E-state index >= 15 is 0 Å². The third kappa shape index (κ3) is 3.14. The van der Waals surface area contributed by atoms with Crippen molar-refractivity contribution in [1.29, 1.82) is 0 Å². The highest BCUT2D eigenvalue weighted by Gasteiger charge is 2.09. The zero-order valence-electron chi connectivity index (χ0n) is 10.7. The minimum Gasteiger partial charge on any atom is -0.467 e. The Labute approximate surface area is 123 Å². The van der Waals surface area contributed by atoms with E-state index in [0.717, 1.165) is 10.2 Å². The minimum absolute atomic E-state index is 0.210. The third-order valence-corrected chi connectivity index (χ3v) is 3.49. The summed E-state index contributed by atoms with van der Waals surface area (Å²) in [4.78, 5) is 20.7. The van der Waals surface area contributed by atoms with Crippen molar-refractivity contribution < 1.29 is 13.9 Å². The monoisotopic (exact) mass is 303 g/mol. The van der Waals surface area contributed by atoms with Crippen molar-refractivity contribution in [2.24, 2.45) is 0 Å². The maximum absolute atomic E-state index is 13.0. The molecule has 0 atom stereocenters. The van der Waals surface area contributed by atoms with Gasteiger partial charge in [0.1, 0.15) is 17.0 Å². The summed E-state index contributed by atoms with van der Waals surface area (Å²) in [5.74, 6) is -0.442. The van der Waals surface area contributed by atoms with E-state index in [4.69, 9.17) is 4.74 Å². The largest absolute Gasteiger partial charge is 0.467 e. The molecule has 0 spiro atoms. The number of carbonyl (C=O) groups is 1. The summed E-state index contributed by atoms with van der Waals surface area (Å²) in [6.07, 6.45) is 1.39. The zero-order chi connectivity index (χ0) is 14.7. The van der Waals surface area contributed by atoms with E-state index in [1.54, 1.807) is 6.07 Å². The highest BCUT2D eigenvalue weighted by Crippen LogP contribution is 2.25. The number of thiophene rings is 1. The van der Waals surface area contributed by atoms with Crippen molar-refractivity contribution in [2.45, 2.75) is 0 Å². The van der Waals surface area contributed by atoms with Gasteiger partial charge in [0.05, 0.1) is 5.39 Å². The number of hydrogen-bond donors (Lipinski definition) is 1. The Morgan fingerprint density at radius 1 is 1.33 bits per heavy atom. The van der Waals surface area contributed by atoms with Crippen LogP contribution >= 0.6 is 11.3 Å². The summed E-state index contributed by atoms with van der Waals surface area (Å²) >= 11 is 1.47. The lowest BCUT2D eigenvalue weighted by Crippen LogP contribution is -2.20. The molecule has 0 saturated heterocycles. The maximum Gasteiger partial charge on any atom is 0.262 e. The van der Waals surface area contributed by atoms with E-state index in [2.05, 4.69) is 15.3 Å². The molecule has 21 heavy (non-hydrogen) atoms. The van der Waals surface area contributed by atoms with Gasteiger partial charge in [-0.3, -0.25) is 4.79 Å². The molecule has 0 unspecified atom stereocenters. The number of amides is 1. The van der Waals surface area contributed by atoms with Gasteiger partial charge >= 0.3 is 0 Å². The first-order valence-electron chi connectivity index (χ1n) is 6.09. The third-order valence-electron chi connectivity index (χ3n) is 2.67. The molecule has 1 N–H and O–H groups in total. The van der Waals surface area contributed by atoms with Crippen LogP contribution in [-0.4, -0.2) is 22.5 Å². The molecule has 3 rings (SSSR count). The second kappa shape index (κ2) is 5.84. The van der Waals surface area contributed by atoms with Crippen LogP contribution in [0.1, 0.15) is 0 Å². The highest BCUT2D eigenvalue weighted by atomic mass is 32.1. The number of fused-ring (bicyclic) bond motifs is 1. The molecule has 0 fully saturated rings. The maximum atomic E-state index is 13.0. The van der Waals surface area contributed by atoms with E-state index in [9.17, 15) is 9.18 Å². The Balaban J connectivity index is 1.65. The number of aromatic nitrogens is 2. The molecule has 0 aliphatic carbocycles. The van der Waals surface area contributed by atoms with Crippen molar-refractivity contribution in [3.8, 4) is 5.88 Å². The fraction of sp³-hybridized carbons (Fsp3) is 0.0714. The molecule has 2 aromatic heterocycles. The summed E-state index contributed by atoms with van der Waals surface area (Å²) in [7, 11) is 0. The van der Waals surface area contributed by atoms with Crippen LogP contribution in [0.15, 0.2) is 42.0 Å². The lowest BCUT2D eigenvalue weighted by molar-refractivity contribution is -0.118. The molecular formula is C14H10FN3O2S. The molecule has 1 aromatic carbocycles. The molecule has 0 radical (unpaired) electrons. The standard InChI is InChI=1S/C14H10FN3O2S/c15-9-2-1-3-10(6-9)18-12(19)7-20-13-11-4-5-21-14(11)17-8-16-13/h1-6,8H,7H2,(H,18,19). The average molecular weight is 303 g/mol. The first-order valence-corrected chi connectivity index (χ1v) is 6.97. The van der Waals surface area contributed by atoms with Crippen LogP contribution in [-0.2, 0) is 4.79 Å². The predicted octanol–water partition coefficient (Wildman–Crippen LogP) is 2.85. The number of hydrogen-bond acceptors (Lipinski definition) is 5. The number of halogens is 1. The molecule has 5 nitrogen and oxygen atoms in total. The molecule has 1 amide bonds. The van der Waals surface area contributed by atoms with Gasteiger partial charge in [0.25, 0.3) is 5.91 Å². The van der Waals surface area contributed by atoms with Crippen molar-refractivity contribution in [3.05, 3.63) is 47.9 Å². The van der Waals surface area contributed by atoms with Gasteiger partial charge in [-0.25, -0.2) is 14.4 Å². The van der Waals surface area contributed by atoms with Crippen molar-refractivity contribution in [1.82, 2.24) is 9.97 Å². The van der Waals surface area contributed by atoms with Crippen LogP contribution in [0.5, 0.6) is 5.88 Å². The quantitative estimate of drug-likeness (QED) is 0.805. The molecule has 0 aliphatic heterocycles. The summed E-state index contributed by atoms with van der Waals surface area (Å²) in [6.45, 7) is -0.210. The lowest BCUT2D eigenvalue weighted by atomic mass is 10.3. The number of anilines is 1. The highest BCUT2D eigenvalue weighted by molar-refractivity contribution is 7.16. The van der Waals surface area contributed by atoms with Crippen LogP contribution in [0, 0.1) is 5.82 Å². The summed E-state index contributed by atoms with van der Waals surface area (Å²) in [5.41, 5.74) is 0.381. The van der Waals surface area contributed by atoms with E-state index in [1.807, 2.05) is 11.4 Å². The Morgan fingerprint density at radius 2 is 2.24 bits per heavy atom. The van der Waals surface area contributed by atoms with Gasteiger partial charge in [-0.15, -0.1) is 11.3 Å². The van der Waals surface area contributed by atoms with E-state index in [0.29, 0.717) is 11.6 Å². The van der Waals surface area contributed by atoms with Crippen LogP contribution in [0.25, 0.3) is 10.2 Å². The number of ether oxygens (including phenoxy) is 1. The van der Waals surface area contributed by atoms with E-state index in [1.165, 1.54) is 35.9 Å². The van der Waals surface area contributed by atoms with Crippen molar-refractivity contribution in [2.75, 3.05) is 11.9 Å². The Morgan fingerprint density at radius 3 is 3.10 bits per heavy atom. The summed E-state index contributed by atoms with van der Waals surface area (Å²) in [5, 5.41) is 5.19.